The van der Waals surface area contributed by atoms with E-state index >= 15 is 0 Å². The molecular formula is C11H22N2O2S. The van der Waals surface area contributed by atoms with E-state index < -0.39 is 11.6 Å². The van der Waals surface area contributed by atoms with Crippen LogP contribution in [0, 0.1) is 0 Å². The Morgan fingerprint density at radius 1 is 1.50 bits per heavy atom. The highest BCUT2D eigenvalue weighted by atomic mass is 32.2. The molecular weight excluding hydrogens is 224 g/mol. The first-order valence-corrected chi connectivity index (χ1v) is 7.27. The van der Waals surface area contributed by atoms with Gasteiger partial charge in [0.1, 0.15) is 0 Å². The smallest absolute Gasteiger partial charge is 0.338 e. The van der Waals surface area contributed by atoms with E-state index in [9.17, 15) is 9.90 Å². The molecule has 0 radical (unpaired) electrons. The number of thioether (sulfide) groups is 1. The number of aliphatic carboxylic acids is 1. The summed E-state index contributed by atoms with van der Waals surface area (Å²) in [5, 5.41) is 12.3. The van der Waals surface area contributed by atoms with Gasteiger partial charge in [0, 0.05) is 6.04 Å². The maximum absolute atomic E-state index is 11.2. The lowest BCUT2D eigenvalue weighted by Crippen LogP contribution is -2.63. The van der Waals surface area contributed by atoms with Crippen molar-refractivity contribution in [3.05, 3.63) is 0 Å². The molecule has 0 saturated heterocycles. The average Bonchev–Trinajstić information content (AvgIpc) is 2.27. The minimum atomic E-state index is -1.25. The summed E-state index contributed by atoms with van der Waals surface area (Å²) in [6, 6.07) is 0.275. The normalized spacial score (nSPS) is 21.6. The van der Waals surface area contributed by atoms with Crippen LogP contribution < -0.4 is 11.1 Å². The molecule has 4 N–H and O–H groups in total. The van der Waals surface area contributed by atoms with Crippen LogP contribution in [0.4, 0.5) is 0 Å². The van der Waals surface area contributed by atoms with E-state index in [4.69, 9.17) is 5.73 Å². The molecule has 1 rings (SSSR count). The van der Waals surface area contributed by atoms with Crippen molar-refractivity contribution in [1.29, 1.82) is 0 Å². The fraction of sp³-hybridized carbons (Fsp3) is 0.909. The highest BCUT2D eigenvalue weighted by Gasteiger charge is 2.35. The van der Waals surface area contributed by atoms with E-state index in [1.54, 1.807) is 11.8 Å². The van der Waals surface area contributed by atoms with Crippen LogP contribution in [-0.4, -0.2) is 34.8 Å². The summed E-state index contributed by atoms with van der Waals surface area (Å²) in [6.07, 6.45) is 8.14. The van der Waals surface area contributed by atoms with Crippen molar-refractivity contribution in [3.63, 3.8) is 0 Å². The predicted octanol–water partition coefficient (Wildman–Crippen LogP) is 1.40. The summed E-state index contributed by atoms with van der Waals surface area (Å²) >= 11 is 1.62. The number of rotatable bonds is 6. The minimum absolute atomic E-state index is 0.275. The number of hydrogen-bond acceptors (Lipinski definition) is 4. The molecule has 1 fully saturated rings. The molecule has 1 unspecified atom stereocenters. The molecule has 16 heavy (non-hydrogen) atoms. The second-order valence-corrected chi connectivity index (χ2v) is 5.48. The Hall–Kier alpha value is -0.260. The fourth-order valence-electron chi connectivity index (χ4n) is 2.12. The zero-order chi connectivity index (χ0) is 12.0. The summed E-state index contributed by atoms with van der Waals surface area (Å²) in [4.78, 5) is 11.2. The van der Waals surface area contributed by atoms with E-state index in [1.807, 2.05) is 6.26 Å². The highest BCUT2D eigenvalue weighted by Crippen LogP contribution is 2.20. The van der Waals surface area contributed by atoms with Crippen molar-refractivity contribution in [2.24, 2.45) is 5.73 Å². The topological polar surface area (TPSA) is 75.3 Å². The third kappa shape index (κ3) is 3.96. The van der Waals surface area contributed by atoms with Gasteiger partial charge in [-0.1, -0.05) is 19.3 Å². The molecule has 0 amide bonds. The van der Waals surface area contributed by atoms with Crippen molar-refractivity contribution in [3.8, 4) is 0 Å². The van der Waals surface area contributed by atoms with Crippen molar-refractivity contribution >= 4 is 17.7 Å². The molecule has 0 aromatic heterocycles. The molecule has 1 aliphatic carbocycles. The first-order valence-electron chi connectivity index (χ1n) is 5.87. The van der Waals surface area contributed by atoms with Gasteiger partial charge in [-0.25, -0.2) is 4.79 Å². The van der Waals surface area contributed by atoms with E-state index in [0.29, 0.717) is 6.42 Å². The Bertz CT molecular complexity index is 232. The maximum Gasteiger partial charge on any atom is 0.338 e. The monoisotopic (exact) mass is 246 g/mol. The number of nitrogens with one attached hydrogen (secondary N) is 1. The zero-order valence-electron chi connectivity index (χ0n) is 9.87. The Morgan fingerprint density at radius 3 is 2.62 bits per heavy atom. The molecule has 0 bridgehead atoms. The maximum atomic E-state index is 11.2. The van der Waals surface area contributed by atoms with Crippen LogP contribution in [0.1, 0.15) is 38.5 Å². The molecule has 1 saturated carbocycles. The second-order valence-electron chi connectivity index (χ2n) is 4.50. The van der Waals surface area contributed by atoms with Crippen LogP contribution >= 0.6 is 11.8 Å². The zero-order valence-corrected chi connectivity index (χ0v) is 10.7. The lowest BCUT2D eigenvalue weighted by Gasteiger charge is -2.33. The summed E-state index contributed by atoms with van der Waals surface area (Å²) in [5.74, 6) is -0.171. The van der Waals surface area contributed by atoms with Crippen molar-refractivity contribution in [2.45, 2.75) is 50.2 Å². The summed E-state index contributed by atoms with van der Waals surface area (Å²) < 4.78 is 0. The molecule has 4 nitrogen and oxygen atoms in total. The van der Waals surface area contributed by atoms with E-state index in [2.05, 4.69) is 5.32 Å². The number of carboxylic acids is 1. The van der Waals surface area contributed by atoms with Gasteiger partial charge in [-0.2, -0.15) is 11.8 Å². The van der Waals surface area contributed by atoms with Crippen molar-refractivity contribution < 1.29 is 9.90 Å². The standard InChI is InChI=1S/C11H22N2O2S/c1-16-8-7-11(12,10(14)15)13-9-5-3-2-4-6-9/h9,13H,2-8,12H2,1H3,(H,14,15). The Kier molecular flexibility index (Phi) is 5.58. The van der Waals surface area contributed by atoms with Crippen LogP contribution in [0.15, 0.2) is 0 Å². The molecule has 0 aromatic rings. The van der Waals surface area contributed by atoms with E-state index in [1.165, 1.54) is 19.3 Å². The third-order valence-electron chi connectivity index (χ3n) is 3.15. The molecule has 0 aromatic carbocycles. The van der Waals surface area contributed by atoms with Crippen LogP contribution in [0.3, 0.4) is 0 Å². The third-order valence-corrected chi connectivity index (χ3v) is 3.76. The first-order chi connectivity index (χ1) is 7.58. The molecule has 0 heterocycles. The van der Waals surface area contributed by atoms with Gasteiger partial charge in [0.25, 0.3) is 0 Å². The van der Waals surface area contributed by atoms with Crippen LogP contribution in [0.25, 0.3) is 0 Å². The van der Waals surface area contributed by atoms with Gasteiger partial charge < -0.3 is 10.8 Å². The van der Waals surface area contributed by atoms with Crippen molar-refractivity contribution in [1.82, 2.24) is 5.32 Å². The second kappa shape index (κ2) is 6.47. The van der Waals surface area contributed by atoms with Gasteiger partial charge in [0.05, 0.1) is 0 Å². The fourth-order valence-corrected chi connectivity index (χ4v) is 2.64. The Labute approximate surface area is 101 Å². The molecule has 1 aliphatic rings. The molecule has 94 valence electrons. The van der Waals surface area contributed by atoms with Gasteiger partial charge in [0.15, 0.2) is 5.66 Å². The largest absolute Gasteiger partial charge is 0.479 e. The lowest BCUT2D eigenvalue weighted by atomic mass is 9.93. The number of carbonyl (C=O) groups is 1. The van der Waals surface area contributed by atoms with Gasteiger partial charge in [0.2, 0.25) is 0 Å². The molecule has 5 heteroatoms. The summed E-state index contributed by atoms with van der Waals surface area (Å²) in [7, 11) is 0. The highest BCUT2D eigenvalue weighted by molar-refractivity contribution is 7.98. The van der Waals surface area contributed by atoms with Gasteiger partial charge in [-0.05, 0) is 31.3 Å². The Morgan fingerprint density at radius 2 is 2.12 bits per heavy atom. The number of hydrogen-bond donors (Lipinski definition) is 3. The molecule has 0 spiro atoms. The van der Waals surface area contributed by atoms with Crippen LogP contribution in [0.5, 0.6) is 0 Å². The first kappa shape index (κ1) is 13.8. The number of carboxylic acid groups (broad SMARTS) is 1. The summed E-state index contributed by atoms with van der Waals surface area (Å²) in [5.41, 5.74) is 4.69. The predicted molar refractivity (Wildman–Crippen MR) is 67.6 cm³/mol. The van der Waals surface area contributed by atoms with Crippen LogP contribution in [-0.2, 0) is 4.79 Å². The van der Waals surface area contributed by atoms with E-state index in [0.717, 1.165) is 18.6 Å². The van der Waals surface area contributed by atoms with Crippen molar-refractivity contribution in [2.75, 3.05) is 12.0 Å². The lowest BCUT2D eigenvalue weighted by molar-refractivity contribution is -0.145. The van der Waals surface area contributed by atoms with E-state index in [-0.39, 0.29) is 6.04 Å². The average molecular weight is 246 g/mol. The van der Waals surface area contributed by atoms with Crippen LogP contribution in [0.2, 0.25) is 0 Å². The Balaban J connectivity index is 2.51. The van der Waals surface area contributed by atoms with Gasteiger partial charge in [-0.3, -0.25) is 5.32 Å². The molecule has 0 aliphatic heterocycles. The minimum Gasteiger partial charge on any atom is -0.479 e. The van der Waals surface area contributed by atoms with Gasteiger partial charge in [-0.15, -0.1) is 0 Å². The quantitative estimate of drug-likeness (QED) is 0.618. The number of nitrogens with two attached hydrogens (primary N) is 1. The molecule has 1 atom stereocenters. The van der Waals surface area contributed by atoms with Gasteiger partial charge >= 0.3 is 5.97 Å². The SMILES string of the molecule is CSCCC(N)(NC1CCCCC1)C(=O)O. The summed E-state index contributed by atoms with van der Waals surface area (Å²) in [6.45, 7) is 0.